The lowest BCUT2D eigenvalue weighted by atomic mass is 10.2. The summed E-state index contributed by atoms with van der Waals surface area (Å²) < 4.78 is 10.9. The average molecular weight is 325 g/mol. The summed E-state index contributed by atoms with van der Waals surface area (Å²) in [5.74, 6) is 2.34. The second-order valence-corrected chi connectivity index (χ2v) is 6.14. The molecule has 0 radical (unpaired) electrons. The zero-order valence-electron chi connectivity index (χ0n) is 11.8. The highest BCUT2D eigenvalue weighted by atomic mass is 35.5. The van der Waals surface area contributed by atoms with Crippen molar-refractivity contribution in [3.05, 3.63) is 0 Å². The van der Waals surface area contributed by atoms with E-state index in [1.165, 1.54) is 0 Å². The number of hydrogen-bond acceptors (Lipinski definition) is 5. The van der Waals surface area contributed by atoms with Gasteiger partial charge in [-0.15, -0.1) is 12.4 Å². The molecule has 0 saturated carbocycles. The highest BCUT2D eigenvalue weighted by Crippen LogP contribution is 2.10. The Morgan fingerprint density at radius 1 is 1.50 bits per heavy atom. The molecule has 20 heavy (non-hydrogen) atoms. The van der Waals surface area contributed by atoms with Crippen molar-refractivity contribution in [1.82, 2.24) is 10.6 Å². The number of thioether (sulfide) groups is 1. The molecule has 2 aliphatic rings. The third-order valence-corrected chi connectivity index (χ3v) is 4.45. The van der Waals surface area contributed by atoms with Gasteiger partial charge < -0.3 is 20.1 Å². The van der Waals surface area contributed by atoms with Gasteiger partial charge >= 0.3 is 0 Å². The van der Waals surface area contributed by atoms with Crippen LogP contribution in [-0.2, 0) is 14.3 Å². The monoisotopic (exact) mass is 324 g/mol. The summed E-state index contributed by atoms with van der Waals surface area (Å²) in [5, 5.41) is 6.32. The molecule has 0 aromatic rings. The van der Waals surface area contributed by atoms with Crippen molar-refractivity contribution in [2.24, 2.45) is 0 Å². The van der Waals surface area contributed by atoms with Crippen LogP contribution in [0.5, 0.6) is 0 Å². The van der Waals surface area contributed by atoms with E-state index in [1.54, 1.807) is 0 Å². The number of carbonyl (C=O) groups is 1. The largest absolute Gasteiger partial charge is 0.379 e. The summed E-state index contributed by atoms with van der Waals surface area (Å²) in [5.41, 5.74) is 0. The summed E-state index contributed by atoms with van der Waals surface area (Å²) in [4.78, 5) is 11.7. The molecule has 2 rings (SSSR count). The summed E-state index contributed by atoms with van der Waals surface area (Å²) in [6, 6.07) is 0.339. The van der Waals surface area contributed by atoms with Gasteiger partial charge in [-0.1, -0.05) is 0 Å². The number of rotatable bonds is 7. The molecule has 0 spiro atoms. The second kappa shape index (κ2) is 10.7. The Morgan fingerprint density at radius 3 is 3.10 bits per heavy atom. The minimum absolute atomic E-state index is 0. The maximum atomic E-state index is 11.7. The summed E-state index contributed by atoms with van der Waals surface area (Å²) in [7, 11) is 0. The molecule has 2 fully saturated rings. The molecule has 118 valence electrons. The molecule has 2 saturated heterocycles. The number of ether oxygens (including phenoxy) is 2. The summed E-state index contributed by atoms with van der Waals surface area (Å²) >= 11 is 1.92. The maximum Gasteiger partial charge on any atom is 0.221 e. The fourth-order valence-corrected chi connectivity index (χ4v) is 3.19. The lowest BCUT2D eigenvalue weighted by Gasteiger charge is -2.22. The van der Waals surface area contributed by atoms with Gasteiger partial charge in [0.25, 0.3) is 0 Å². The zero-order chi connectivity index (χ0) is 13.3. The van der Waals surface area contributed by atoms with Gasteiger partial charge in [0.1, 0.15) is 0 Å². The van der Waals surface area contributed by atoms with E-state index < -0.39 is 0 Å². The first kappa shape index (κ1) is 18.0. The molecule has 2 N–H and O–H groups in total. The Hall–Kier alpha value is -0.0100. The van der Waals surface area contributed by atoms with E-state index in [2.05, 4.69) is 10.6 Å². The van der Waals surface area contributed by atoms with Crippen molar-refractivity contribution in [2.75, 3.05) is 44.4 Å². The molecular formula is C13H25ClN2O3S. The third-order valence-electron chi connectivity index (χ3n) is 3.31. The quantitative estimate of drug-likeness (QED) is 0.679. The van der Waals surface area contributed by atoms with Crippen LogP contribution in [0.4, 0.5) is 0 Å². The Balaban J connectivity index is 0.00000200. The molecule has 0 bridgehead atoms. The van der Waals surface area contributed by atoms with Crippen LogP contribution in [0.3, 0.4) is 0 Å². The second-order valence-electron chi connectivity index (χ2n) is 4.99. The van der Waals surface area contributed by atoms with Gasteiger partial charge in [0, 0.05) is 50.3 Å². The van der Waals surface area contributed by atoms with E-state index in [0.29, 0.717) is 25.6 Å². The molecule has 2 aliphatic heterocycles. The Morgan fingerprint density at radius 2 is 2.40 bits per heavy atom. The van der Waals surface area contributed by atoms with Crippen LogP contribution in [0, 0.1) is 0 Å². The third kappa shape index (κ3) is 7.13. The summed E-state index contributed by atoms with van der Waals surface area (Å²) in [6.07, 6.45) is 2.72. The Bertz CT molecular complexity index is 272. The first-order valence-electron chi connectivity index (χ1n) is 7.12. The fourth-order valence-electron chi connectivity index (χ4n) is 2.24. The van der Waals surface area contributed by atoms with E-state index in [-0.39, 0.29) is 24.4 Å². The first-order chi connectivity index (χ1) is 9.34. The van der Waals surface area contributed by atoms with Gasteiger partial charge in [0.05, 0.1) is 12.7 Å². The van der Waals surface area contributed by atoms with Crippen LogP contribution < -0.4 is 10.6 Å². The molecule has 5 nitrogen and oxygen atoms in total. The van der Waals surface area contributed by atoms with E-state index in [4.69, 9.17) is 9.47 Å². The molecule has 2 atom stereocenters. The highest BCUT2D eigenvalue weighted by Gasteiger charge is 2.17. The lowest BCUT2D eigenvalue weighted by molar-refractivity contribution is -0.121. The predicted molar refractivity (Wildman–Crippen MR) is 83.8 cm³/mol. The molecule has 7 heteroatoms. The molecule has 2 unspecified atom stereocenters. The number of carbonyl (C=O) groups excluding carboxylic acids is 1. The van der Waals surface area contributed by atoms with E-state index >= 15 is 0 Å². The standard InChI is InChI=1S/C13H24N2O3S.ClH/c16-13(8-11-10-19-7-4-14-11)15-3-1-5-18-12-2-6-17-9-12;/h11-12,14H,1-10H2,(H,15,16);1H. The average Bonchev–Trinajstić information content (AvgIpc) is 2.92. The minimum Gasteiger partial charge on any atom is -0.379 e. The van der Waals surface area contributed by atoms with Gasteiger partial charge in [-0.2, -0.15) is 11.8 Å². The van der Waals surface area contributed by atoms with Gasteiger partial charge in [-0.3, -0.25) is 4.79 Å². The maximum absolute atomic E-state index is 11.7. The SMILES string of the molecule is Cl.O=C(CC1CSCCN1)NCCCOC1CCOC1. The Labute approximate surface area is 131 Å². The molecular weight excluding hydrogens is 300 g/mol. The van der Waals surface area contributed by atoms with Crippen LogP contribution >= 0.6 is 24.2 Å². The number of hydrogen-bond donors (Lipinski definition) is 2. The molecule has 0 aromatic carbocycles. The molecule has 1 amide bonds. The van der Waals surface area contributed by atoms with Crippen LogP contribution in [-0.4, -0.2) is 62.5 Å². The van der Waals surface area contributed by atoms with Crippen LogP contribution in [0.15, 0.2) is 0 Å². The topological polar surface area (TPSA) is 59.6 Å². The number of amides is 1. The fraction of sp³-hybridized carbons (Fsp3) is 0.923. The molecule has 0 aromatic heterocycles. The highest BCUT2D eigenvalue weighted by molar-refractivity contribution is 7.99. The van der Waals surface area contributed by atoms with E-state index in [9.17, 15) is 4.79 Å². The first-order valence-corrected chi connectivity index (χ1v) is 8.27. The minimum atomic E-state index is 0. The molecule has 0 aliphatic carbocycles. The zero-order valence-corrected chi connectivity index (χ0v) is 13.4. The van der Waals surface area contributed by atoms with Crippen molar-refractivity contribution in [3.8, 4) is 0 Å². The number of halogens is 1. The van der Waals surface area contributed by atoms with E-state index in [0.717, 1.165) is 44.1 Å². The summed E-state index contributed by atoms with van der Waals surface area (Å²) in [6.45, 7) is 3.95. The van der Waals surface area contributed by atoms with Crippen molar-refractivity contribution in [1.29, 1.82) is 0 Å². The Kier molecular flexibility index (Phi) is 9.63. The van der Waals surface area contributed by atoms with Crippen LogP contribution in [0.2, 0.25) is 0 Å². The normalized spacial score (nSPS) is 26.0. The van der Waals surface area contributed by atoms with Crippen molar-refractivity contribution < 1.29 is 14.3 Å². The predicted octanol–water partition coefficient (Wildman–Crippen LogP) is 0.815. The smallest absolute Gasteiger partial charge is 0.221 e. The number of nitrogens with one attached hydrogen (secondary N) is 2. The van der Waals surface area contributed by atoms with Gasteiger partial charge in [0.15, 0.2) is 0 Å². The van der Waals surface area contributed by atoms with Crippen LogP contribution in [0.1, 0.15) is 19.3 Å². The van der Waals surface area contributed by atoms with E-state index in [1.807, 2.05) is 11.8 Å². The van der Waals surface area contributed by atoms with Gasteiger partial charge in [-0.05, 0) is 12.8 Å². The van der Waals surface area contributed by atoms with Crippen molar-refractivity contribution in [2.45, 2.75) is 31.4 Å². The van der Waals surface area contributed by atoms with Gasteiger partial charge in [-0.25, -0.2) is 0 Å². The van der Waals surface area contributed by atoms with Crippen LogP contribution in [0.25, 0.3) is 0 Å². The van der Waals surface area contributed by atoms with Gasteiger partial charge in [0.2, 0.25) is 5.91 Å². The van der Waals surface area contributed by atoms with Crippen molar-refractivity contribution in [3.63, 3.8) is 0 Å². The lowest BCUT2D eigenvalue weighted by Crippen LogP contribution is -2.41. The van der Waals surface area contributed by atoms with Crippen molar-refractivity contribution >= 4 is 30.1 Å². The molecule has 2 heterocycles.